The zero-order valence-corrected chi connectivity index (χ0v) is 66.0. The topological polar surface area (TPSA) is 237 Å². The van der Waals surface area contributed by atoms with Crippen molar-refractivity contribution in [1.82, 2.24) is 0 Å². The zero-order valence-electron chi connectivity index (χ0n) is 64.3. The number of unbranched alkanes of at least 4 members (excludes halogenated alkanes) is 44. The molecule has 0 aliphatic heterocycles. The summed E-state index contributed by atoms with van der Waals surface area (Å²) in [6.07, 6.45) is 57.1. The molecule has 0 aromatic carbocycles. The predicted octanol–water partition coefficient (Wildman–Crippen LogP) is 23.4. The molecule has 582 valence electrons. The van der Waals surface area contributed by atoms with Crippen LogP contribution in [0.25, 0.3) is 0 Å². The maximum absolute atomic E-state index is 13.1. The lowest BCUT2D eigenvalue weighted by atomic mass is 9.99. The van der Waals surface area contributed by atoms with E-state index in [1.165, 1.54) is 218 Å². The van der Waals surface area contributed by atoms with Crippen LogP contribution >= 0.6 is 15.6 Å². The Labute approximate surface area is 600 Å². The molecular formula is C79H154O17P2. The average molecular weight is 1440 g/mol. The van der Waals surface area contributed by atoms with E-state index in [0.29, 0.717) is 25.7 Å². The molecule has 19 heteroatoms. The monoisotopic (exact) mass is 1440 g/mol. The number of rotatable bonds is 77. The van der Waals surface area contributed by atoms with Crippen LogP contribution in [0.4, 0.5) is 0 Å². The van der Waals surface area contributed by atoms with Crippen LogP contribution in [0.3, 0.4) is 0 Å². The van der Waals surface area contributed by atoms with Gasteiger partial charge in [0.1, 0.15) is 19.3 Å². The lowest BCUT2D eigenvalue weighted by Crippen LogP contribution is -2.30. The summed E-state index contributed by atoms with van der Waals surface area (Å²) >= 11 is 0. The summed E-state index contributed by atoms with van der Waals surface area (Å²) in [6.45, 7) is 11.9. The molecule has 0 heterocycles. The van der Waals surface area contributed by atoms with Crippen LogP contribution in [0, 0.1) is 17.8 Å². The molecule has 0 aromatic rings. The minimum atomic E-state index is -4.96. The van der Waals surface area contributed by atoms with Gasteiger partial charge < -0.3 is 33.8 Å². The first-order valence-corrected chi connectivity index (χ1v) is 43.9. The number of aliphatic hydroxyl groups excluding tert-OH is 1. The highest BCUT2D eigenvalue weighted by atomic mass is 31.2. The van der Waals surface area contributed by atoms with E-state index in [4.69, 9.17) is 37.0 Å². The fourth-order valence-electron chi connectivity index (χ4n) is 12.1. The second-order valence-electron chi connectivity index (χ2n) is 29.6. The number of phosphoric ester groups is 2. The Morgan fingerprint density at radius 1 is 0.296 bits per heavy atom. The summed E-state index contributed by atoms with van der Waals surface area (Å²) < 4.78 is 68.6. The van der Waals surface area contributed by atoms with Crippen molar-refractivity contribution >= 4 is 39.5 Å². The van der Waals surface area contributed by atoms with E-state index in [1.54, 1.807) is 0 Å². The largest absolute Gasteiger partial charge is 0.472 e. The van der Waals surface area contributed by atoms with Crippen molar-refractivity contribution in [2.45, 2.75) is 426 Å². The normalized spacial score (nSPS) is 14.3. The smallest absolute Gasteiger partial charge is 0.462 e. The van der Waals surface area contributed by atoms with Gasteiger partial charge in [0.25, 0.3) is 0 Å². The number of aliphatic hydroxyl groups is 1. The van der Waals surface area contributed by atoms with Crippen LogP contribution in [-0.4, -0.2) is 96.7 Å². The summed E-state index contributed by atoms with van der Waals surface area (Å²) in [5.74, 6) is 0.136. The van der Waals surface area contributed by atoms with Crippen LogP contribution in [0.2, 0.25) is 0 Å². The van der Waals surface area contributed by atoms with E-state index in [0.717, 1.165) is 108 Å². The summed E-state index contributed by atoms with van der Waals surface area (Å²) in [7, 11) is -9.92. The Morgan fingerprint density at radius 2 is 0.520 bits per heavy atom. The first-order valence-electron chi connectivity index (χ1n) is 40.9. The van der Waals surface area contributed by atoms with E-state index in [9.17, 15) is 43.2 Å². The highest BCUT2D eigenvalue weighted by Crippen LogP contribution is 2.45. The van der Waals surface area contributed by atoms with Crippen LogP contribution in [0.5, 0.6) is 0 Å². The van der Waals surface area contributed by atoms with Crippen LogP contribution < -0.4 is 0 Å². The number of hydrogen-bond acceptors (Lipinski definition) is 15. The Kier molecular flexibility index (Phi) is 68.1. The second-order valence-corrected chi connectivity index (χ2v) is 32.6. The van der Waals surface area contributed by atoms with Crippen LogP contribution in [0.15, 0.2) is 0 Å². The minimum Gasteiger partial charge on any atom is -0.462 e. The van der Waals surface area contributed by atoms with Crippen LogP contribution in [0.1, 0.15) is 408 Å². The molecular weight excluding hydrogens is 1280 g/mol. The standard InChI is InChI=1S/C79H154O17P2/c1-8-10-11-12-13-14-15-16-17-18-19-20-21-22-23-24-25-26-31-41-48-55-62-78(83)95-74(66-89-76(81)60-53-46-39-30-28-27-29-38-45-52-59-72(7)9-2)68-93-97(85,86)91-64-73(80)65-92-98(87,88)94-69-75(96-79(84)63-56-49-42-35-33-37-44-51-58-71(5)6)67-90-77(82)61-54-47-40-34-32-36-43-50-57-70(3)4/h70-75,80H,8-69H2,1-7H3,(H,85,86)(H,87,88)/t72?,73-,74-,75-/m1/s1. The molecule has 0 aliphatic rings. The zero-order chi connectivity index (χ0) is 72.3. The van der Waals surface area contributed by atoms with Crippen molar-refractivity contribution in [3.05, 3.63) is 0 Å². The van der Waals surface area contributed by atoms with E-state index < -0.39 is 97.5 Å². The van der Waals surface area contributed by atoms with E-state index in [-0.39, 0.29) is 25.7 Å². The van der Waals surface area contributed by atoms with E-state index in [2.05, 4.69) is 48.5 Å². The van der Waals surface area contributed by atoms with E-state index in [1.807, 2.05) is 0 Å². The first kappa shape index (κ1) is 96.1. The minimum absolute atomic E-state index is 0.104. The average Bonchev–Trinajstić information content (AvgIpc) is 0.931. The van der Waals surface area contributed by atoms with Crippen LogP contribution in [-0.2, 0) is 65.4 Å². The fourth-order valence-corrected chi connectivity index (χ4v) is 13.7. The molecule has 3 N–H and O–H groups in total. The quantitative estimate of drug-likeness (QED) is 0.0222. The van der Waals surface area contributed by atoms with Gasteiger partial charge >= 0.3 is 39.5 Å². The molecule has 0 amide bonds. The second kappa shape index (κ2) is 69.4. The predicted molar refractivity (Wildman–Crippen MR) is 400 cm³/mol. The number of hydrogen-bond donors (Lipinski definition) is 3. The van der Waals surface area contributed by atoms with Crippen molar-refractivity contribution in [3.63, 3.8) is 0 Å². The summed E-state index contributed by atoms with van der Waals surface area (Å²) in [5, 5.41) is 10.6. The Morgan fingerprint density at radius 3 is 0.776 bits per heavy atom. The molecule has 0 saturated carbocycles. The van der Waals surface area contributed by atoms with Gasteiger partial charge in [0.05, 0.1) is 26.4 Å². The maximum Gasteiger partial charge on any atom is 0.472 e. The third-order valence-electron chi connectivity index (χ3n) is 18.7. The van der Waals surface area contributed by atoms with Gasteiger partial charge in [0.2, 0.25) is 0 Å². The van der Waals surface area contributed by atoms with Crippen molar-refractivity contribution in [2.75, 3.05) is 39.6 Å². The lowest BCUT2D eigenvalue weighted by molar-refractivity contribution is -0.161. The third kappa shape index (κ3) is 71.1. The Hall–Kier alpha value is -1.94. The molecule has 17 nitrogen and oxygen atoms in total. The molecule has 0 rings (SSSR count). The molecule has 0 spiro atoms. The number of carbonyl (C=O) groups is 4. The highest BCUT2D eigenvalue weighted by Gasteiger charge is 2.30. The number of esters is 4. The van der Waals surface area contributed by atoms with Gasteiger partial charge in [-0.2, -0.15) is 0 Å². The third-order valence-corrected chi connectivity index (χ3v) is 20.6. The molecule has 0 aliphatic carbocycles. The lowest BCUT2D eigenvalue weighted by Gasteiger charge is -2.21. The van der Waals surface area contributed by atoms with Gasteiger partial charge in [-0.3, -0.25) is 37.3 Å². The molecule has 0 bridgehead atoms. The van der Waals surface area contributed by atoms with Crippen molar-refractivity contribution < 1.29 is 80.2 Å². The Balaban J connectivity index is 5.20. The number of ether oxygens (including phenoxy) is 4. The highest BCUT2D eigenvalue weighted by molar-refractivity contribution is 7.47. The summed E-state index contributed by atoms with van der Waals surface area (Å²) in [5.41, 5.74) is 0. The SMILES string of the molecule is CCCCCCCCCCCCCCCCCCCCCCCCC(=O)O[C@H](COC(=O)CCCCCCCCCCCCC(C)CC)COP(=O)(O)OC[C@@H](O)COP(=O)(O)OC[C@@H](COC(=O)CCCCCCCCCCC(C)C)OC(=O)CCCCCCCCCCC(C)C. The van der Waals surface area contributed by atoms with Gasteiger partial charge in [-0.05, 0) is 43.4 Å². The molecule has 0 radical (unpaired) electrons. The fraction of sp³-hybridized carbons (Fsp3) is 0.949. The molecule has 98 heavy (non-hydrogen) atoms. The van der Waals surface area contributed by atoms with Crippen molar-refractivity contribution in [1.29, 1.82) is 0 Å². The molecule has 6 atom stereocenters. The molecule has 0 saturated heterocycles. The van der Waals surface area contributed by atoms with E-state index >= 15 is 0 Å². The maximum atomic E-state index is 13.1. The van der Waals surface area contributed by atoms with Crippen molar-refractivity contribution in [2.24, 2.45) is 17.8 Å². The van der Waals surface area contributed by atoms with Crippen molar-refractivity contribution in [3.8, 4) is 0 Å². The number of carbonyl (C=O) groups excluding carboxylic acids is 4. The summed E-state index contributed by atoms with van der Waals surface area (Å²) in [4.78, 5) is 72.9. The van der Waals surface area contributed by atoms with Gasteiger partial charge in [0.15, 0.2) is 12.2 Å². The van der Waals surface area contributed by atoms with Gasteiger partial charge in [-0.25, -0.2) is 9.13 Å². The van der Waals surface area contributed by atoms with Gasteiger partial charge in [0, 0.05) is 25.7 Å². The first-order chi connectivity index (χ1) is 47.3. The van der Waals surface area contributed by atoms with Gasteiger partial charge in [-0.15, -0.1) is 0 Å². The Bertz CT molecular complexity index is 1910. The van der Waals surface area contributed by atoms with Gasteiger partial charge in [-0.1, -0.05) is 357 Å². The summed E-state index contributed by atoms with van der Waals surface area (Å²) in [6, 6.07) is 0. The molecule has 3 unspecified atom stereocenters. The molecule has 0 aromatic heterocycles. The number of phosphoric acid groups is 2. The molecule has 0 fully saturated rings.